The van der Waals surface area contributed by atoms with Crippen molar-refractivity contribution >= 4 is 38.9 Å². The summed E-state index contributed by atoms with van der Waals surface area (Å²) in [7, 11) is -2.30. The number of benzene rings is 2. The molecule has 0 N–H and O–H groups in total. The van der Waals surface area contributed by atoms with Gasteiger partial charge in [0.15, 0.2) is 5.17 Å². The number of nitrogens with zero attached hydrogens (tertiary/aromatic N) is 2. The Morgan fingerprint density at radius 1 is 1.11 bits per heavy atom. The molecule has 1 saturated heterocycles. The number of ether oxygens (including phenoxy) is 1. The molecular formula is C19H18N2O4S2. The largest absolute Gasteiger partial charge is 0.497 e. The van der Waals surface area contributed by atoms with E-state index in [0.29, 0.717) is 17.2 Å². The van der Waals surface area contributed by atoms with Crippen LogP contribution in [0.4, 0.5) is 0 Å². The van der Waals surface area contributed by atoms with Crippen molar-refractivity contribution in [3.8, 4) is 5.75 Å². The van der Waals surface area contributed by atoms with Crippen LogP contribution in [0, 0.1) is 0 Å². The van der Waals surface area contributed by atoms with Crippen LogP contribution in [-0.2, 0) is 14.8 Å². The van der Waals surface area contributed by atoms with Gasteiger partial charge in [-0.2, -0.15) is 8.42 Å². The van der Waals surface area contributed by atoms with Gasteiger partial charge in [0.2, 0.25) is 0 Å². The zero-order valence-electron chi connectivity index (χ0n) is 14.8. The average Bonchev–Trinajstić information content (AvgIpc) is 2.96. The predicted octanol–water partition coefficient (Wildman–Crippen LogP) is 3.38. The second-order valence-electron chi connectivity index (χ2n) is 5.60. The quantitative estimate of drug-likeness (QED) is 0.717. The van der Waals surface area contributed by atoms with Crippen molar-refractivity contribution in [1.29, 1.82) is 0 Å². The van der Waals surface area contributed by atoms with Crippen molar-refractivity contribution in [2.45, 2.75) is 11.8 Å². The van der Waals surface area contributed by atoms with Crippen molar-refractivity contribution < 1.29 is 17.9 Å². The molecule has 0 saturated carbocycles. The number of hydrogen-bond acceptors (Lipinski definition) is 5. The van der Waals surface area contributed by atoms with Gasteiger partial charge in [-0.25, -0.2) is 0 Å². The van der Waals surface area contributed by atoms with Crippen LogP contribution in [0.15, 0.2) is 68.8 Å². The van der Waals surface area contributed by atoms with Crippen LogP contribution in [0.2, 0.25) is 0 Å². The van der Waals surface area contributed by atoms with Crippen molar-refractivity contribution in [3.05, 3.63) is 65.1 Å². The zero-order chi connectivity index (χ0) is 19.4. The summed E-state index contributed by atoms with van der Waals surface area (Å²) in [6.07, 6.45) is 1.72. The third kappa shape index (κ3) is 4.23. The summed E-state index contributed by atoms with van der Waals surface area (Å²) in [6.45, 7) is 2.11. The Bertz CT molecular complexity index is 998. The summed E-state index contributed by atoms with van der Waals surface area (Å²) in [4.78, 5) is 14.5. The Hall–Kier alpha value is -2.58. The second kappa shape index (κ2) is 7.98. The van der Waals surface area contributed by atoms with Crippen molar-refractivity contribution in [1.82, 2.24) is 4.90 Å². The first-order valence-corrected chi connectivity index (χ1v) is 10.5. The normalized spacial score (nSPS) is 17.7. The van der Waals surface area contributed by atoms with Crippen molar-refractivity contribution in [2.75, 3.05) is 13.7 Å². The molecule has 27 heavy (non-hydrogen) atoms. The van der Waals surface area contributed by atoms with Crippen molar-refractivity contribution in [3.63, 3.8) is 0 Å². The van der Waals surface area contributed by atoms with Gasteiger partial charge < -0.3 is 4.74 Å². The highest BCUT2D eigenvalue weighted by Crippen LogP contribution is 2.33. The number of thioether (sulfide) groups is 1. The molecule has 1 aliphatic rings. The number of sulfonamides is 1. The van der Waals surface area contributed by atoms with E-state index in [1.54, 1.807) is 50.4 Å². The molecule has 0 radical (unpaired) electrons. The van der Waals surface area contributed by atoms with Gasteiger partial charge in [0.1, 0.15) is 5.75 Å². The molecule has 2 aromatic carbocycles. The van der Waals surface area contributed by atoms with E-state index < -0.39 is 10.0 Å². The topological polar surface area (TPSA) is 76.0 Å². The number of methoxy groups -OCH3 is 1. The summed E-state index contributed by atoms with van der Waals surface area (Å²) >= 11 is 1.05. The molecule has 2 aromatic rings. The molecular weight excluding hydrogens is 384 g/mol. The standard InChI is InChI=1S/C19H18N2O4S2/c1-3-21-18(22)17(13-14-9-11-15(25-2)12-10-14)26-19(21)20-27(23,24)16-7-5-4-6-8-16/h4-13H,3H2,1-2H3/b17-13-,20-19?. The first-order chi connectivity index (χ1) is 12.9. The van der Waals surface area contributed by atoms with E-state index in [1.807, 2.05) is 12.1 Å². The SMILES string of the molecule is CCN1C(=O)/C(=C/c2ccc(OC)cc2)SC1=NS(=O)(=O)c1ccccc1. The molecule has 6 nitrogen and oxygen atoms in total. The highest BCUT2D eigenvalue weighted by molar-refractivity contribution is 8.19. The Labute approximate surface area is 162 Å². The van der Waals surface area contributed by atoms with Gasteiger partial charge >= 0.3 is 0 Å². The summed E-state index contributed by atoms with van der Waals surface area (Å²) in [5.74, 6) is 0.453. The maximum atomic E-state index is 12.6. The first kappa shape index (κ1) is 19.2. The fourth-order valence-corrected chi connectivity index (χ4v) is 4.72. The molecule has 0 bridgehead atoms. The summed E-state index contributed by atoms with van der Waals surface area (Å²) in [5, 5.41) is 0.158. The van der Waals surface area contributed by atoms with Crippen LogP contribution in [0.1, 0.15) is 12.5 Å². The number of likely N-dealkylation sites (N-methyl/N-ethyl adjacent to an activating group) is 1. The number of carbonyl (C=O) groups excluding carboxylic acids is 1. The fourth-order valence-electron chi connectivity index (χ4n) is 2.45. The van der Waals surface area contributed by atoms with Crippen LogP contribution in [-0.4, -0.2) is 38.0 Å². The number of carbonyl (C=O) groups is 1. The van der Waals surface area contributed by atoms with E-state index in [-0.39, 0.29) is 16.0 Å². The first-order valence-electron chi connectivity index (χ1n) is 8.20. The minimum atomic E-state index is -3.89. The van der Waals surface area contributed by atoms with E-state index in [2.05, 4.69) is 4.40 Å². The molecule has 1 heterocycles. The lowest BCUT2D eigenvalue weighted by molar-refractivity contribution is -0.122. The Kier molecular flexibility index (Phi) is 5.67. The van der Waals surface area contributed by atoms with E-state index >= 15 is 0 Å². The molecule has 0 spiro atoms. The van der Waals surface area contributed by atoms with Crippen LogP contribution in [0.25, 0.3) is 6.08 Å². The van der Waals surface area contributed by atoms with E-state index in [9.17, 15) is 13.2 Å². The molecule has 0 aromatic heterocycles. The van der Waals surface area contributed by atoms with Crippen LogP contribution < -0.4 is 4.74 Å². The lowest BCUT2D eigenvalue weighted by atomic mass is 10.2. The third-order valence-corrected chi connectivity index (χ3v) is 6.26. The summed E-state index contributed by atoms with van der Waals surface area (Å²) in [6, 6.07) is 15.2. The summed E-state index contributed by atoms with van der Waals surface area (Å²) in [5.41, 5.74) is 0.815. The van der Waals surface area contributed by atoms with Gasteiger partial charge in [-0.05, 0) is 54.6 Å². The summed E-state index contributed by atoms with van der Waals surface area (Å²) < 4.78 is 34.1. The molecule has 3 rings (SSSR count). The van der Waals surface area contributed by atoms with Gasteiger partial charge in [0.25, 0.3) is 15.9 Å². The van der Waals surface area contributed by atoms with Crippen LogP contribution >= 0.6 is 11.8 Å². The highest BCUT2D eigenvalue weighted by Gasteiger charge is 2.33. The van der Waals surface area contributed by atoms with Gasteiger partial charge in [-0.15, -0.1) is 4.40 Å². The van der Waals surface area contributed by atoms with Gasteiger partial charge in [0, 0.05) is 6.54 Å². The zero-order valence-corrected chi connectivity index (χ0v) is 16.5. The minimum absolute atomic E-state index is 0.0918. The molecule has 8 heteroatoms. The smallest absolute Gasteiger partial charge is 0.284 e. The number of hydrogen-bond donors (Lipinski definition) is 0. The van der Waals surface area contributed by atoms with E-state index in [0.717, 1.165) is 17.3 Å². The maximum absolute atomic E-state index is 12.6. The fraction of sp³-hybridized carbons (Fsp3) is 0.158. The Morgan fingerprint density at radius 3 is 2.37 bits per heavy atom. The third-order valence-electron chi connectivity index (χ3n) is 3.86. The second-order valence-corrected chi connectivity index (χ2v) is 8.21. The van der Waals surface area contributed by atoms with Gasteiger partial charge in [-0.1, -0.05) is 30.3 Å². The molecule has 140 valence electrons. The molecule has 1 amide bonds. The minimum Gasteiger partial charge on any atom is -0.497 e. The number of amides is 1. The molecule has 0 aliphatic carbocycles. The molecule has 1 aliphatic heterocycles. The average molecular weight is 402 g/mol. The lowest BCUT2D eigenvalue weighted by Crippen LogP contribution is -2.29. The van der Waals surface area contributed by atoms with Gasteiger partial charge in [-0.3, -0.25) is 9.69 Å². The van der Waals surface area contributed by atoms with Crippen LogP contribution in [0.3, 0.4) is 0 Å². The predicted molar refractivity (Wildman–Crippen MR) is 107 cm³/mol. The Morgan fingerprint density at radius 2 is 1.78 bits per heavy atom. The number of rotatable bonds is 5. The van der Waals surface area contributed by atoms with Gasteiger partial charge in [0.05, 0.1) is 16.9 Å². The Balaban J connectivity index is 1.93. The van der Waals surface area contributed by atoms with E-state index in [4.69, 9.17) is 4.74 Å². The van der Waals surface area contributed by atoms with E-state index in [1.165, 1.54) is 17.0 Å². The molecule has 0 atom stereocenters. The monoisotopic (exact) mass is 402 g/mol. The lowest BCUT2D eigenvalue weighted by Gasteiger charge is -2.11. The van der Waals surface area contributed by atoms with Crippen molar-refractivity contribution in [2.24, 2.45) is 4.40 Å². The highest BCUT2D eigenvalue weighted by atomic mass is 32.2. The molecule has 1 fully saturated rings. The maximum Gasteiger partial charge on any atom is 0.284 e. The van der Waals surface area contributed by atoms with Crippen LogP contribution in [0.5, 0.6) is 5.75 Å². The molecule has 0 unspecified atom stereocenters. The number of amidine groups is 1.